The van der Waals surface area contributed by atoms with E-state index in [1.165, 1.54) is 0 Å². The monoisotopic (exact) mass is 345 g/mol. The Kier molecular flexibility index (Phi) is 5.62. The summed E-state index contributed by atoms with van der Waals surface area (Å²) in [6.07, 6.45) is 3.59. The van der Waals surface area contributed by atoms with Crippen LogP contribution in [0.4, 0.5) is 4.79 Å². The van der Waals surface area contributed by atoms with E-state index in [-0.39, 0.29) is 24.2 Å². The van der Waals surface area contributed by atoms with Crippen molar-refractivity contribution in [2.24, 2.45) is 5.92 Å². The highest BCUT2D eigenvalue weighted by atomic mass is 16.6. The number of rotatable bonds is 3. The standard InChI is InChI=1S/C21H31NO3/c1-15(2)18-17(14-13-16-11-9-8-10-12-16)24-21(6,7)22(18)19(23)25-20(3,4)5/h8-15,17-18H,1-7H3/b14-13+/t17-,18+/m1/s1. The lowest BCUT2D eigenvalue weighted by Gasteiger charge is -2.36. The number of benzene rings is 1. The van der Waals surface area contributed by atoms with E-state index in [4.69, 9.17) is 9.47 Å². The topological polar surface area (TPSA) is 38.8 Å². The molecular weight excluding hydrogens is 314 g/mol. The van der Waals surface area contributed by atoms with Crippen molar-refractivity contribution in [1.82, 2.24) is 4.90 Å². The fourth-order valence-corrected chi connectivity index (χ4v) is 3.22. The number of amides is 1. The lowest BCUT2D eigenvalue weighted by atomic mass is 9.96. The number of carbonyl (C=O) groups excluding carboxylic acids is 1. The van der Waals surface area contributed by atoms with Gasteiger partial charge in [0.25, 0.3) is 0 Å². The third-order valence-corrected chi connectivity index (χ3v) is 4.19. The van der Waals surface area contributed by atoms with Gasteiger partial charge in [0.15, 0.2) is 0 Å². The first-order chi connectivity index (χ1) is 11.5. The minimum Gasteiger partial charge on any atom is -0.444 e. The van der Waals surface area contributed by atoms with E-state index in [1.807, 2.05) is 71.0 Å². The number of hydrogen-bond acceptors (Lipinski definition) is 3. The summed E-state index contributed by atoms with van der Waals surface area (Å²) in [5, 5.41) is 0. The van der Waals surface area contributed by atoms with Gasteiger partial charge in [0.2, 0.25) is 0 Å². The Labute approximate surface area is 151 Å². The van der Waals surface area contributed by atoms with Crippen LogP contribution in [0, 0.1) is 5.92 Å². The summed E-state index contributed by atoms with van der Waals surface area (Å²) in [5.74, 6) is 0.236. The van der Waals surface area contributed by atoms with E-state index < -0.39 is 11.3 Å². The van der Waals surface area contributed by atoms with Crippen LogP contribution in [0.1, 0.15) is 54.0 Å². The Balaban J connectivity index is 2.28. The molecule has 0 N–H and O–H groups in total. The Hall–Kier alpha value is -1.81. The number of nitrogens with zero attached hydrogens (tertiary/aromatic N) is 1. The molecule has 1 fully saturated rings. The maximum atomic E-state index is 12.8. The zero-order chi connectivity index (χ0) is 18.8. The first kappa shape index (κ1) is 19.5. The molecule has 0 spiro atoms. The molecule has 1 heterocycles. The average Bonchev–Trinajstić information content (AvgIpc) is 2.75. The summed E-state index contributed by atoms with van der Waals surface area (Å²) in [5.41, 5.74) is -0.141. The molecule has 1 aliphatic heterocycles. The van der Waals surface area contributed by atoms with Gasteiger partial charge < -0.3 is 9.47 Å². The molecule has 1 saturated heterocycles. The van der Waals surface area contributed by atoms with Crippen LogP contribution in [-0.2, 0) is 9.47 Å². The lowest BCUT2D eigenvalue weighted by Crippen LogP contribution is -2.51. The molecule has 1 aromatic rings. The van der Waals surface area contributed by atoms with E-state index in [0.717, 1.165) is 5.56 Å². The minimum atomic E-state index is -0.719. The van der Waals surface area contributed by atoms with E-state index in [9.17, 15) is 4.79 Å². The Bertz CT molecular complexity index is 614. The summed E-state index contributed by atoms with van der Waals surface area (Å²) in [6, 6.07) is 10.0. The second-order valence-corrected chi connectivity index (χ2v) is 8.38. The zero-order valence-corrected chi connectivity index (χ0v) is 16.4. The van der Waals surface area contributed by atoms with Gasteiger partial charge in [-0.05, 0) is 46.1 Å². The summed E-state index contributed by atoms with van der Waals surface area (Å²) in [6.45, 7) is 13.7. The molecule has 138 valence electrons. The number of hydrogen-bond donors (Lipinski definition) is 0. The van der Waals surface area contributed by atoms with Gasteiger partial charge in [-0.2, -0.15) is 0 Å². The molecule has 4 heteroatoms. The lowest BCUT2D eigenvalue weighted by molar-refractivity contribution is -0.0722. The summed E-state index contributed by atoms with van der Waals surface area (Å²) in [7, 11) is 0. The molecule has 2 atom stereocenters. The summed E-state index contributed by atoms with van der Waals surface area (Å²) >= 11 is 0. The maximum Gasteiger partial charge on any atom is 0.412 e. The van der Waals surface area contributed by atoms with Crippen molar-refractivity contribution in [2.75, 3.05) is 0 Å². The van der Waals surface area contributed by atoms with Crippen molar-refractivity contribution >= 4 is 12.2 Å². The molecule has 0 aliphatic carbocycles. The van der Waals surface area contributed by atoms with Crippen LogP contribution >= 0.6 is 0 Å². The first-order valence-electron chi connectivity index (χ1n) is 8.95. The zero-order valence-electron chi connectivity index (χ0n) is 16.4. The van der Waals surface area contributed by atoms with E-state index in [2.05, 4.69) is 19.9 Å². The first-order valence-corrected chi connectivity index (χ1v) is 8.95. The molecule has 0 saturated carbocycles. The fraction of sp³-hybridized carbons (Fsp3) is 0.571. The molecule has 1 aromatic carbocycles. The van der Waals surface area contributed by atoms with Gasteiger partial charge in [0.1, 0.15) is 11.3 Å². The Morgan fingerprint density at radius 1 is 1.24 bits per heavy atom. The molecule has 2 rings (SSSR count). The second-order valence-electron chi connectivity index (χ2n) is 8.38. The van der Waals surface area contributed by atoms with Gasteiger partial charge in [0, 0.05) is 0 Å². The van der Waals surface area contributed by atoms with Gasteiger partial charge in [-0.3, -0.25) is 4.90 Å². The van der Waals surface area contributed by atoms with Gasteiger partial charge in [-0.1, -0.05) is 56.3 Å². The highest BCUT2D eigenvalue weighted by Gasteiger charge is 2.51. The van der Waals surface area contributed by atoms with Gasteiger partial charge >= 0.3 is 6.09 Å². The molecule has 4 nitrogen and oxygen atoms in total. The normalized spacial score (nSPS) is 23.4. The van der Waals surface area contributed by atoms with Gasteiger partial charge in [0.05, 0.1) is 12.1 Å². The van der Waals surface area contributed by atoms with Crippen LogP contribution in [0.25, 0.3) is 6.08 Å². The van der Waals surface area contributed by atoms with Crippen LogP contribution in [-0.4, -0.2) is 34.5 Å². The van der Waals surface area contributed by atoms with E-state index in [0.29, 0.717) is 0 Å². The molecule has 1 amide bonds. The largest absolute Gasteiger partial charge is 0.444 e. The van der Waals surface area contributed by atoms with E-state index >= 15 is 0 Å². The second kappa shape index (κ2) is 7.20. The van der Waals surface area contributed by atoms with Crippen molar-refractivity contribution in [1.29, 1.82) is 0 Å². The fourth-order valence-electron chi connectivity index (χ4n) is 3.22. The molecule has 0 aromatic heterocycles. The van der Waals surface area contributed by atoms with Crippen LogP contribution in [0.2, 0.25) is 0 Å². The van der Waals surface area contributed by atoms with Crippen LogP contribution in [0.3, 0.4) is 0 Å². The summed E-state index contributed by atoms with van der Waals surface area (Å²) < 4.78 is 11.9. The quantitative estimate of drug-likeness (QED) is 0.765. The highest BCUT2D eigenvalue weighted by molar-refractivity contribution is 5.70. The van der Waals surface area contributed by atoms with Crippen LogP contribution in [0.5, 0.6) is 0 Å². The van der Waals surface area contributed by atoms with Gasteiger partial charge in [-0.15, -0.1) is 0 Å². The van der Waals surface area contributed by atoms with Crippen LogP contribution in [0.15, 0.2) is 36.4 Å². The summed E-state index contributed by atoms with van der Waals surface area (Å²) in [4.78, 5) is 14.6. The minimum absolute atomic E-state index is 0.0789. The number of ether oxygens (including phenoxy) is 2. The predicted molar refractivity (Wildman–Crippen MR) is 101 cm³/mol. The van der Waals surface area contributed by atoms with Crippen molar-refractivity contribution in [3.8, 4) is 0 Å². The molecule has 25 heavy (non-hydrogen) atoms. The molecule has 1 aliphatic rings. The Morgan fingerprint density at radius 3 is 2.36 bits per heavy atom. The predicted octanol–water partition coefficient (Wildman–Crippen LogP) is 5.10. The SMILES string of the molecule is CC(C)[C@H]1[C@@H](/C=C/c2ccccc2)OC(C)(C)N1C(=O)OC(C)(C)C. The third-order valence-electron chi connectivity index (χ3n) is 4.19. The highest BCUT2D eigenvalue weighted by Crippen LogP contribution is 2.37. The third kappa shape index (κ3) is 4.85. The number of carbonyl (C=O) groups is 1. The molecule has 0 bridgehead atoms. The Morgan fingerprint density at radius 2 is 1.84 bits per heavy atom. The van der Waals surface area contributed by atoms with Crippen molar-refractivity contribution in [3.63, 3.8) is 0 Å². The average molecular weight is 345 g/mol. The smallest absolute Gasteiger partial charge is 0.412 e. The van der Waals surface area contributed by atoms with E-state index in [1.54, 1.807) is 4.90 Å². The molecule has 0 unspecified atom stereocenters. The maximum absolute atomic E-state index is 12.8. The molecular formula is C21H31NO3. The van der Waals surface area contributed by atoms with Crippen molar-refractivity contribution in [2.45, 2.75) is 71.9 Å². The molecule has 0 radical (unpaired) electrons. The van der Waals surface area contributed by atoms with Crippen molar-refractivity contribution in [3.05, 3.63) is 42.0 Å². The van der Waals surface area contributed by atoms with Gasteiger partial charge in [-0.25, -0.2) is 4.79 Å². The van der Waals surface area contributed by atoms with Crippen molar-refractivity contribution < 1.29 is 14.3 Å². The van der Waals surface area contributed by atoms with Crippen LogP contribution < -0.4 is 0 Å².